The zero-order valence-corrected chi connectivity index (χ0v) is 25.1. The number of halogens is 2. The summed E-state index contributed by atoms with van der Waals surface area (Å²) in [7, 11) is -0.958. The second kappa shape index (κ2) is 16.1. The second-order valence-corrected chi connectivity index (χ2v) is 12.8. The van der Waals surface area contributed by atoms with Crippen LogP contribution in [0.5, 0.6) is 0 Å². The molecule has 0 heterocycles. The van der Waals surface area contributed by atoms with E-state index in [9.17, 15) is 13.0 Å². The number of aryl methyl sites for hydroxylation is 3. The molecule has 0 fully saturated rings. The van der Waals surface area contributed by atoms with Crippen molar-refractivity contribution in [1.82, 2.24) is 0 Å². The van der Waals surface area contributed by atoms with Crippen LogP contribution in [-0.4, -0.2) is 21.6 Å². The maximum absolute atomic E-state index is 12.9. The molecule has 0 saturated carbocycles. The van der Waals surface area contributed by atoms with E-state index in [0.29, 0.717) is 17.9 Å². The average molecular weight is 543 g/mol. The molecule has 0 aromatic heterocycles. The van der Waals surface area contributed by atoms with Crippen LogP contribution in [-0.2, 0) is 10.8 Å². The van der Waals surface area contributed by atoms with E-state index in [1.165, 1.54) is 58.2 Å². The molecule has 2 aromatic carbocycles. The molecule has 38 heavy (non-hydrogen) atoms. The van der Waals surface area contributed by atoms with Gasteiger partial charge in [0.1, 0.15) is 0 Å². The number of rotatable bonds is 17. The molecule has 2 rings (SSSR count). The van der Waals surface area contributed by atoms with Crippen LogP contribution in [0.4, 0.5) is 8.78 Å². The smallest absolute Gasteiger partial charge is 0.245 e. The molecule has 210 valence electrons. The zero-order valence-electron chi connectivity index (χ0n) is 24.3. The molecule has 0 amide bonds. The Kier molecular flexibility index (Phi) is 13.6. The van der Waals surface area contributed by atoms with Gasteiger partial charge in [-0.2, -0.15) is 0 Å². The lowest BCUT2D eigenvalue weighted by atomic mass is 9.86. The Morgan fingerprint density at radius 2 is 1.37 bits per heavy atom. The monoisotopic (exact) mass is 542 g/mol. The summed E-state index contributed by atoms with van der Waals surface area (Å²) >= 11 is 0. The van der Waals surface area contributed by atoms with Gasteiger partial charge in [0.2, 0.25) is 5.92 Å². The van der Waals surface area contributed by atoms with Crippen LogP contribution < -0.4 is 0 Å². The Bertz CT molecular complexity index is 1080. The van der Waals surface area contributed by atoms with Gasteiger partial charge in [0.25, 0.3) is 0 Å². The van der Waals surface area contributed by atoms with E-state index in [1.807, 2.05) is 0 Å². The van der Waals surface area contributed by atoms with Gasteiger partial charge >= 0.3 is 0 Å². The Labute approximate surface area is 233 Å². The Morgan fingerprint density at radius 1 is 0.816 bits per heavy atom. The highest BCUT2D eigenvalue weighted by molar-refractivity contribution is 7.84. The molecule has 0 aliphatic heterocycles. The highest BCUT2D eigenvalue weighted by Crippen LogP contribution is 2.36. The molecule has 1 unspecified atom stereocenters. The van der Waals surface area contributed by atoms with Gasteiger partial charge in [-0.15, -0.1) is 0 Å². The van der Waals surface area contributed by atoms with E-state index in [1.54, 1.807) is 0 Å². The summed E-state index contributed by atoms with van der Waals surface area (Å²) in [4.78, 5) is 0. The molecule has 0 N–H and O–H groups in total. The fourth-order valence-corrected chi connectivity index (χ4v) is 6.19. The zero-order chi connectivity index (χ0) is 28.1. The third-order valence-corrected chi connectivity index (χ3v) is 8.68. The van der Waals surface area contributed by atoms with E-state index in [2.05, 4.69) is 76.7 Å². The normalized spacial score (nSPS) is 13.3. The molecule has 0 spiro atoms. The SMILES string of the molecule is C=C(/C(=C(\C)CCCCCCCCCS(=O)CCCC(C)(F)F)c1ccc(C)cc1)c1ccc(C)cc1C. The maximum atomic E-state index is 12.9. The van der Waals surface area contributed by atoms with Gasteiger partial charge in [-0.1, -0.05) is 97.8 Å². The molecule has 0 aliphatic carbocycles. The summed E-state index contributed by atoms with van der Waals surface area (Å²) in [5.74, 6) is -1.60. The lowest BCUT2D eigenvalue weighted by Crippen LogP contribution is -2.12. The van der Waals surface area contributed by atoms with Crippen molar-refractivity contribution in [1.29, 1.82) is 0 Å². The number of alkyl halides is 2. The number of unbranched alkanes of at least 4 members (excludes halogenated alkanes) is 6. The van der Waals surface area contributed by atoms with Crippen LogP contribution in [0.3, 0.4) is 0 Å². The van der Waals surface area contributed by atoms with Gasteiger partial charge in [-0.25, -0.2) is 8.78 Å². The molecule has 1 nitrogen and oxygen atoms in total. The van der Waals surface area contributed by atoms with Gasteiger partial charge in [0.05, 0.1) is 0 Å². The summed E-state index contributed by atoms with van der Waals surface area (Å²) in [5, 5.41) is 0. The number of benzene rings is 2. The fourth-order valence-electron chi connectivity index (χ4n) is 4.99. The summed E-state index contributed by atoms with van der Waals surface area (Å²) in [6, 6.07) is 15.4. The highest BCUT2D eigenvalue weighted by Gasteiger charge is 2.20. The van der Waals surface area contributed by atoms with Crippen molar-refractivity contribution >= 4 is 21.9 Å². The van der Waals surface area contributed by atoms with Crippen LogP contribution >= 0.6 is 0 Å². The van der Waals surface area contributed by atoms with E-state index in [-0.39, 0.29) is 6.42 Å². The second-order valence-electron chi connectivity index (χ2n) is 11.1. The molecule has 1 atom stereocenters. The average Bonchev–Trinajstić information content (AvgIpc) is 2.83. The molecular formula is C34H48F2OS. The topological polar surface area (TPSA) is 17.1 Å². The minimum absolute atomic E-state index is 0.167. The number of hydrogen-bond donors (Lipinski definition) is 0. The number of hydrogen-bond acceptors (Lipinski definition) is 1. The molecule has 0 saturated heterocycles. The van der Waals surface area contributed by atoms with Gasteiger partial charge in [-0.05, 0) is 88.1 Å². The van der Waals surface area contributed by atoms with E-state index in [0.717, 1.165) is 44.6 Å². The fraction of sp³-hybridized carbons (Fsp3) is 0.529. The summed E-state index contributed by atoms with van der Waals surface area (Å²) < 4.78 is 37.7. The number of allylic oxidation sites excluding steroid dienone is 3. The van der Waals surface area contributed by atoms with Gasteiger partial charge in [0.15, 0.2) is 0 Å². The summed E-state index contributed by atoms with van der Waals surface area (Å²) in [6.07, 6.45) is 9.14. The van der Waals surface area contributed by atoms with E-state index >= 15 is 0 Å². The largest absolute Gasteiger partial charge is 0.260 e. The predicted octanol–water partition coefficient (Wildman–Crippen LogP) is 10.4. The van der Waals surface area contributed by atoms with Crippen molar-refractivity contribution in [2.75, 3.05) is 11.5 Å². The van der Waals surface area contributed by atoms with Crippen molar-refractivity contribution in [2.45, 2.75) is 105 Å². The maximum Gasteiger partial charge on any atom is 0.245 e. The van der Waals surface area contributed by atoms with Crippen molar-refractivity contribution in [3.05, 3.63) is 82.4 Å². The first-order valence-corrected chi connectivity index (χ1v) is 15.7. The van der Waals surface area contributed by atoms with Crippen LogP contribution in [0.2, 0.25) is 0 Å². The minimum Gasteiger partial charge on any atom is -0.260 e. The molecule has 0 radical (unpaired) electrons. The minimum atomic E-state index is -2.64. The highest BCUT2D eigenvalue weighted by atomic mass is 32.2. The van der Waals surface area contributed by atoms with Crippen LogP contribution in [0, 0.1) is 20.8 Å². The van der Waals surface area contributed by atoms with Crippen LogP contribution in [0.25, 0.3) is 11.1 Å². The predicted molar refractivity (Wildman–Crippen MR) is 163 cm³/mol. The van der Waals surface area contributed by atoms with Gasteiger partial charge < -0.3 is 0 Å². The molecule has 0 bridgehead atoms. The molecule has 4 heteroatoms. The third kappa shape index (κ3) is 11.8. The van der Waals surface area contributed by atoms with Crippen LogP contribution in [0.15, 0.2) is 54.6 Å². The van der Waals surface area contributed by atoms with E-state index < -0.39 is 16.7 Å². The quantitative estimate of drug-likeness (QED) is 0.143. The first kappa shape index (κ1) is 32.1. The molecule has 0 aliphatic rings. The molecule has 2 aromatic rings. The van der Waals surface area contributed by atoms with Crippen molar-refractivity contribution in [2.24, 2.45) is 0 Å². The summed E-state index contributed by atoms with van der Waals surface area (Å²) in [6.45, 7) is 14.1. The lowest BCUT2D eigenvalue weighted by Gasteiger charge is -2.18. The third-order valence-electron chi connectivity index (χ3n) is 7.19. The Morgan fingerprint density at radius 3 is 1.97 bits per heavy atom. The van der Waals surface area contributed by atoms with Crippen LogP contribution in [0.1, 0.15) is 106 Å². The first-order chi connectivity index (χ1) is 18.0. The standard InChI is InChI=1S/C34H48F2OS/c1-26-16-19-31(20-17-26)33(30(5)32-21-18-27(2)25-29(32)4)28(3)15-12-10-8-7-9-11-13-23-38(37)24-14-22-34(6,35)36/h16-21,25H,5,7-15,22-24H2,1-4,6H3/b33-28-. The van der Waals surface area contributed by atoms with Gasteiger partial charge in [-0.3, -0.25) is 4.21 Å². The van der Waals surface area contributed by atoms with Gasteiger partial charge in [0, 0.05) is 28.7 Å². The van der Waals surface area contributed by atoms with Crippen molar-refractivity contribution in [3.8, 4) is 0 Å². The van der Waals surface area contributed by atoms with Crippen molar-refractivity contribution in [3.63, 3.8) is 0 Å². The summed E-state index contributed by atoms with van der Waals surface area (Å²) in [5.41, 5.74) is 10.0. The lowest BCUT2D eigenvalue weighted by molar-refractivity contribution is 0.0125. The Balaban J connectivity index is 1.81. The first-order valence-electron chi connectivity index (χ1n) is 14.2. The van der Waals surface area contributed by atoms with E-state index in [4.69, 9.17) is 0 Å². The Hall–Kier alpha value is -2.07. The van der Waals surface area contributed by atoms with Crippen molar-refractivity contribution < 1.29 is 13.0 Å². The molecular weight excluding hydrogens is 494 g/mol.